The van der Waals surface area contributed by atoms with E-state index < -0.39 is 8.40 Å². The molecule has 0 N–H and O–H groups in total. The first-order valence-corrected chi connectivity index (χ1v) is 8.56. The molecule has 0 spiro atoms. The first-order valence-electron chi connectivity index (χ1n) is 6.59. The van der Waals surface area contributed by atoms with Gasteiger partial charge in [0, 0.05) is 0 Å². The molecule has 1 aliphatic carbocycles. The highest BCUT2D eigenvalue weighted by Crippen LogP contribution is 2.51. The van der Waals surface area contributed by atoms with Gasteiger partial charge in [0.1, 0.15) is 0 Å². The highest BCUT2D eigenvalue weighted by Gasteiger charge is 2.55. The van der Waals surface area contributed by atoms with E-state index >= 15 is 0 Å². The van der Waals surface area contributed by atoms with Crippen LogP contribution in [-0.2, 0) is 0 Å². The molecule has 0 heterocycles. The molecule has 1 aliphatic rings. The summed E-state index contributed by atoms with van der Waals surface area (Å²) in [5, 5.41) is 0.412. The van der Waals surface area contributed by atoms with Crippen molar-refractivity contribution in [3.05, 3.63) is 0 Å². The minimum absolute atomic E-state index is 0.412. The van der Waals surface area contributed by atoms with Crippen LogP contribution in [-0.4, -0.2) is 45.7 Å². The van der Waals surface area contributed by atoms with Crippen molar-refractivity contribution in [3.8, 4) is 0 Å². The minimum Gasteiger partial charge on any atom is -0.317 e. The average molecular weight is 242 g/mol. The van der Waals surface area contributed by atoms with Crippen molar-refractivity contribution in [2.75, 3.05) is 28.2 Å². The van der Waals surface area contributed by atoms with Crippen LogP contribution in [0, 0.1) is 0 Å². The lowest BCUT2D eigenvalue weighted by molar-refractivity contribution is 0.397. The topological polar surface area (TPSA) is 6.48 Å². The maximum absolute atomic E-state index is 2.59. The molecule has 0 saturated heterocycles. The van der Waals surface area contributed by atoms with Crippen LogP contribution < -0.4 is 0 Å². The normalized spacial score (nSPS) is 20.1. The van der Waals surface area contributed by atoms with Gasteiger partial charge in [-0.05, 0) is 38.8 Å². The van der Waals surface area contributed by atoms with E-state index in [1.165, 1.54) is 25.7 Å². The van der Waals surface area contributed by atoms with Gasteiger partial charge in [0.05, 0.1) is 0 Å². The Bertz CT molecular complexity index is 217. The van der Waals surface area contributed by atoms with E-state index in [1.807, 2.05) is 0 Å². The predicted molar refractivity (Wildman–Crippen MR) is 75.1 cm³/mol. The summed E-state index contributed by atoms with van der Waals surface area (Å²) >= 11 is 0. The Morgan fingerprint density at radius 1 is 0.875 bits per heavy atom. The Hall–Kier alpha value is 0.137. The molecule has 0 atom stereocenters. The average Bonchev–Trinajstić information content (AvgIpc) is 2.53. The van der Waals surface area contributed by atoms with Crippen LogP contribution in [0.3, 0.4) is 0 Å². The van der Waals surface area contributed by atoms with Gasteiger partial charge in [-0.15, -0.1) is 0 Å². The lowest BCUT2D eigenvalue weighted by Crippen LogP contribution is -2.68. The van der Waals surface area contributed by atoms with Crippen LogP contribution in [0.4, 0.5) is 0 Å². The van der Waals surface area contributed by atoms with Crippen molar-refractivity contribution in [2.45, 2.75) is 57.0 Å². The number of rotatable bonds is 3. The van der Waals surface area contributed by atoms with E-state index in [1.54, 1.807) is 0 Å². The molecule has 0 unspecified atom stereocenters. The molecule has 0 radical (unpaired) electrons. The number of hydrogen-bond acceptors (Lipinski definition) is 2. The lowest BCUT2D eigenvalue weighted by atomic mass is 10.2. The number of hydrogen-bond donors (Lipinski definition) is 0. The molecule has 0 amide bonds. The second-order valence-electron chi connectivity index (χ2n) is 6.75. The summed E-state index contributed by atoms with van der Waals surface area (Å²) in [5.74, 6) is 0. The van der Waals surface area contributed by atoms with E-state index in [2.05, 4.69) is 58.1 Å². The van der Waals surface area contributed by atoms with Gasteiger partial charge in [-0.3, -0.25) is 0 Å². The monoisotopic (exact) mass is 242 g/mol. The van der Waals surface area contributed by atoms with Gasteiger partial charge in [-0.2, -0.15) is 0 Å². The van der Waals surface area contributed by atoms with Crippen LogP contribution in [0.25, 0.3) is 0 Å². The third-order valence-electron chi connectivity index (χ3n) is 4.39. The molecule has 16 heavy (non-hydrogen) atoms. The van der Waals surface area contributed by atoms with Crippen molar-refractivity contribution >= 4 is 8.40 Å². The smallest absolute Gasteiger partial charge is 0.214 e. The minimum atomic E-state index is -1.55. The molecule has 1 fully saturated rings. The van der Waals surface area contributed by atoms with E-state index in [0.717, 1.165) is 5.54 Å². The standard InChI is InChI=1S/C13H30N2Si/c1-13(2,3)16(14(4)5,15(6)7)12-10-8-9-11-12/h12H,8-11H2,1-7H3. The van der Waals surface area contributed by atoms with Crippen LogP contribution in [0.1, 0.15) is 46.5 Å². The maximum atomic E-state index is 2.59. The lowest BCUT2D eigenvalue weighted by Gasteiger charge is -2.55. The first-order chi connectivity index (χ1) is 7.24. The van der Waals surface area contributed by atoms with Gasteiger partial charge in [0.15, 0.2) is 0 Å². The first kappa shape index (κ1) is 14.2. The second kappa shape index (κ2) is 4.79. The summed E-state index contributed by atoms with van der Waals surface area (Å²) in [6.45, 7) is 7.33. The summed E-state index contributed by atoms with van der Waals surface area (Å²) < 4.78 is 5.17. The van der Waals surface area contributed by atoms with E-state index in [0.29, 0.717) is 5.04 Å². The summed E-state index contributed by atoms with van der Waals surface area (Å²) in [6, 6.07) is 0. The highest BCUT2D eigenvalue weighted by atomic mass is 28.4. The van der Waals surface area contributed by atoms with Gasteiger partial charge in [-0.25, -0.2) is 0 Å². The Kier molecular flexibility index (Phi) is 4.25. The van der Waals surface area contributed by atoms with Crippen LogP contribution >= 0.6 is 0 Å². The summed E-state index contributed by atoms with van der Waals surface area (Å²) in [4.78, 5) is 0. The summed E-state index contributed by atoms with van der Waals surface area (Å²) in [5.41, 5.74) is 0.942. The molecular formula is C13H30N2Si. The van der Waals surface area contributed by atoms with Crippen molar-refractivity contribution in [3.63, 3.8) is 0 Å². The van der Waals surface area contributed by atoms with Crippen LogP contribution in [0.5, 0.6) is 0 Å². The number of nitrogens with zero attached hydrogens (tertiary/aromatic N) is 2. The van der Waals surface area contributed by atoms with Gasteiger partial charge in [-0.1, -0.05) is 46.5 Å². The molecule has 0 aliphatic heterocycles. The van der Waals surface area contributed by atoms with Gasteiger partial charge in [0.2, 0.25) is 8.40 Å². The fraction of sp³-hybridized carbons (Fsp3) is 1.00. The predicted octanol–water partition coefficient (Wildman–Crippen LogP) is 3.30. The zero-order valence-electron chi connectivity index (χ0n) is 12.3. The molecule has 0 aromatic carbocycles. The SMILES string of the molecule is CN(C)[Si](C1CCCC1)(N(C)C)C(C)(C)C. The van der Waals surface area contributed by atoms with Gasteiger partial charge in [0.25, 0.3) is 0 Å². The Balaban J connectivity index is 3.16. The summed E-state index contributed by atoms with van der Waals surface area (Å²) in [6.07, 6.45) is 5.77. The third-order valence-corrected chi connectivity index (χ3v) is 11.0. The third kappa shape index (κ3) is 2.09. The zero-order valence-corrected chi connectivity index (χ0v) is 13.3. The van der Waals surface area contributed by atoms with Crippen molar-refractivity contribution in [1.29, 1.82) is 0 Å². The molecular weight excluding hydrogens is 212 g/mol. The molecule has 2 nitrogen and oxygen atoms in total. The molecule has 1 rings (SSSR count). The van der Waals surface area contributed by atoms with Crippen molar-refractivity contribution in [2.24, 2.45) is 0 Å². The van der Waals surface area contributed by atoms with Gasteiger partial charge >= 0.3 is 0 Å². The maximum Gasteiger partial charge on any atom is 0.214 e. The fourth-order valence-electron chi connectivity index (χ4n) is 4.41. The quantitative estimate of drug-likeness (QED) is 0.701. The zero-order chi connectivity index (χ0) is 12.6. The van der Waals surface area contributed by atoms with Crippen LogP contribution in [0.15, 0.2) is 0 Å². The Morgan fingerprint density at radius 3 is 1.50 bits per heavy atom. The molecule has 0 aromatic rings. The Morgan fingerprint density at radius 2 is 1.25 bits per heavy atom. The Labute approximate surface area is 103 Å². The van der Waals surface area contributed by atoms with Crippen LogP contribution in [0.2, 0.25) is 10.6 Å². The van der Waals surface area contributed by atoms with E-state index in [4.69, 9.17) is 0 Å². The van der Waals surface area contributed by atoms with Crippen molar-refractivity contribution < 1.29 is 0 Å². The molecule has 96 valence electrons. The van der Waals surface area contributed by atoms with Crippen molar-refractivity contribution in [1.82, 2.24) is 9.13 Å². The van der Waals surface area contributed by atoms with E-state index in [9.17, 15) is 0 Å². The molecule has 1 saturated carbocycles. The summed E-state index contributed by atoms with van der Waals surface area (Å²) in [7, 11) is 7.65. The molecule has 0 bridgehead atoms. The highest BCUT2D eigenvalue weighted by molar-refractivity contribution is 6.78. The molecule has 3 heteroatoms. The fourth-order valence-corrected chi connectivity index (χ4v) is 11.8. The van der Waals surface area contributed by atoms with Gasteiger partial charge < -0.3 is 9.13 Å². The largest absolute Gasteiger partial charge is 0.317 e. The van der Waals surface area contributed by atoms with E-state index in [-0.39, 0.29) is 0 Å². The molecule has 0 aromatic heterocycles. The second-order valence-corrected chi connectivity index (χ2v) is 12.3.